The Kier molecular flexibility index (Phi) is 6.25. The van der Waals surface area contributed by atoms with Crippen LogP contribution in [0, 0.1) is 0 Å². The molecule has 0 aliphatic heterocycles. The summed E-state index contributed by atoms with van der Waals surface area (Å²) >= 11 is 0. The summed E-state index contributed by atoms with van der Waals surface area (Å²) in [6.45, 7) is 0.150. The van der Waals surface area contributed by atoms with Crippen LogP contribution in [0.2, 0.25) is 0 Å². The zero-order valence-electron chi connectivity index (χ0n) is 11.3. The van der Waals surface area contributed by atoms with Crippen molar-refractivity contribution in [3.8, 4) is 0 Å². The van der Waals surface area contributed by atoms with Crippen LogP contribution in [0.5, 0.6) is 0 Å². The van der Waals surface area contributed by atoms with E-state index in [9.17, 15) is 9.59 Å². The van der Waals surface area contributed by atoms with E-state index < -0.39 is 5.97 Å². The SMILES string of the molecule is COCCN(CC(=O)O)C(=O)/C=C/c1cccc(N)c1. The van der Waals surface area contributed by atoms with Crippen LogP contribution in [0.15, 0.2) is 30.3 Å². The fraction of sp³-hybridized carbons (Fsp3) is 0.286. The number of carbonyl (C=O) groups excluding carboxylic acids is 1. The van der Waals surface area contributed by atoms with Crippen LogP contribution < -0.4 is 5.73 Å². The van der Waals surface area contributed by atoms with Crippen molar-refractivity contribution in [2.45, 2.75) is 0 Å². The Bertz CT molecular complexity index is 500. The highest BCUT2D eigenvalue weighted by atomic mass is 16.5. The Morgan fingerprint density at radius 2 is 2.20 bits per heavy atom. The standard InChI is InChI=1S/C14H18N2O4/c1-20-8-7-16(10-14(18)19)13(17)6-5-11-3-2-4-12(15)9-11/h2-6,9H,7-8,10,15H2,1H3,(H,18,19)/b6-5+. The molecule has 1 amide bonds. The van der Waals surface area contributed by atoms with Gasteiger partial charge in [0.2, 0.25) is 5.91 Å². The third-order valence-electron chi connectivity index (χ3n) is 2.53. The molecule has 108 valence electrons. The smallest absolute Gasteiger partial charge is 0.323 e. The van der Waals surface area contributed by atoms with E-state index in [1.54, 1.807) is 30.3 Å². The second-order valence-electron chi connectivity index (χ2n) is 4.15. The van der Waals surface area contributed by atoms with E-state index in [-0.39, 0.29) is 25.6 Å². The molecule has 1 aromatic carbocycles. The number of nitrogens with two attached hydrogens (primary N) is 1. The molecule has 20 heavy (non-hydrogen) atoms. The number of nitrogens with zero attached hydrogens (tertiary/aromatic N) is 1. The molecule has 3 N–H and O–H groups in total. The largest absolute Gasteiger partial charge is 0.480 e. The summed E-state index contributed by atoms with van der Waals surface area (Å²) in [6.07, 6.45) is 2.92. The van der Waals surface area contributed by atoms with Gasteiger partial charge in [0.25, 0.3) is 0 Å². The number of aliphatic carboxylic acids is 1. The maximum absolute atomic E-state index is 11.9. The van der Waals surface area contributed by atoms with E-state index in [0.29, 0.717) is 5.69 Å². The van der Waals surface area contributed by atoms with Crippen molar-refractivity contribution in [1.82, 2.24) is 4.90 Å². The number of carboxylic acid groups (broad SMARTS) is 1. The number of hydrogen-bond donors (Lipinski definition) is 2. The number of amides is 1. The van der Waals surface area contributed by atoms with Crippen LogP contribution in [0.3, 0.4) is 0 Å². The molecule has 0 radical (unpaired) electrons. The molecular formula is C14H18N2O4. The van der Waals surface area contributed by atoms with E-state index in [1.807, 2.05) is 0 Å². The van der Waals surface area contributed by atoms with E-state index in [0.717, 1.165) is 5.56 Å². The minimum absolute atomic E-state index is 0.225. The van der Waals surface area contributed by atoms with Crippen LogP contribution in [0.25, 0.3) is 6.08 Å². The summed E-state index contributed by atoms with van der Waals surface area (Å²) in [4.78, 5) is 23.9. The zero-order chi connectivity index (χ0) is 15.0. The Hall–Kier alpha value is -2.34. The van der Waals surface area contributed by atoms with Gasteiger partial charge in [-0.3, -0.25) is 9.59 Å². The maximum Gasteiger partial charge on any atom is 0.323 e. The van der Waals surface area contributed by atoms with E-state index >= 15 is 0 Å². The molecule has 1 aromatic rings. The van der Waals surface area contributed by atoms with Crippen molar-refractivity contribution in [2.24, 2.45) is 0 Å². The van der Waals surface area contributed by atoms with Crippen LogP contribution >= 0.6 is 0 Å². The van der Waals surface area contributed by atoms with Crippen molar-refractivity contribution in [2.75, 3.05) is 32.5 Å². The molecule has 0 unspecified atom stereocenters. The summed E-state index contributed by atoms with van der Waals surface area (Å²) in [5.74, 6) is -1.45. The van der Waals surface area contributed by atoms with Gasteiger partial charge < -0.3 is 20.5 Å². The maximum atomic E-state index is 11.9. The quantitative estimate of drug-likeness (QED) is 0.569. The second-order valence-corrected chi connectivity index (χ2v) is 4.15. The molecule has 0 atom stereocenters. The molecule has 6 heteroatoms. The van der Waals surface area contributed by atoms with Crippen LogP contribution in [0.1, 0.15) is 5.56 Å². The van der Waals surface area contributed by atoms with Crippen molar-refractivity contribution >= 4 is 23.6 Å². The topological polar surface area (TPSA) is 92.9 Å². The van der Waals surface area contributed by atoms with Crippen LogP contribution in [-0.2, 0) is 14.3 Å². The highest BCUT2D eigenvalue weighted by Gasteiger charge is 2.13. The van der Waals surface area contributed by atoms with Crippen LogP contribution in [0.4, 0.5) is 5.69 Å². The van der Waals surface area contributed by atoms with E-state index in [1.165, 1.54) is 18.1 Å². The summed E-state index contributed by atoms with van der Waals surface area (Å²) < 4.78 is 4.86. The monoisotopic (exact) mass is 278 g/mol. The molecule has 0 fully saturated rings. The van der Waals surface area contributed by atoms with Gasteiger partial charge >= 0.3 is 5.97 Å². The summed E-state index contributed by atoms with van der Waals surface area (Å²) in [5, 5.41) is 8.78. The molecule has 1 rings (SSSR count). The highest BCUT2D eigenvalue weighted by Crippen LogP contribution is 2.08. The predicted molar refractivity (Wildman–Crippen MR) is 76.0 cm³/mol. The van der Waals surface area contributed by atoms with Gasteiger partial charge in [-0.25, -0.2) is 0 Å². The van der Waals surface area contributed by atoms with Gasteiger partial charge in [0.15, 0.2) is 0 Å². The number of rotatable bonds is 7. The lowest BCUT2D eigenvalue weighted by atomic mass is 10.2. The van der Waals surface area contributed by atoms with Crippen molar-refractivity contribution < 1.29 is 19.4 Å². The van der Waals surface area contributed by atoms with Crippen molar-refractivity contribution in [1.29, 1.82) is 0 Å². The second kappa shape index (κ2) is 7.96. The number of ether oxygens (including phenoxy) is 1. The normalized spacial score (nSPS) is 10.7. The third kappa shape index (κ3) is 5.53. The number of methoxy groups -OCH3 is 1. The molecular weight excluding hydrogens is 260 g/mol. The summed E-state index contributed by atoms with van der Waals surface area (Å²) in [6, 6.07) is 7.05. The molecule has 6 nitrogen and oxygen atoms in total. The number of nitrogen functional groups attached to an aromatic ring is 1. The number of benzene rings is 1. The lowest BCUT2D eigenvalue weighted by Gasteiger charge is -2.18. The first-order valence-electron chi connectivity index (χ1n) is 6.06. The highest BCUT2D eigenvalue weighted by molar-refractivity contribution is 5.93. The number of carboxylic acids is 1. The van der Waals surface area contributed by atoms with Crippen molar-refractivity contribution in [3.63, 3.8) is 0 Å². The number of anilines is 1. The molecule has 0 aliphatic rings. The molecule has 0 saturated heterocycles. The first-order valence-corrected chi connectivity index (χ1v) is 6.06. The first kappa shape index (κ1) is 15.7. The van der Waals surface area contributed by atoms with E-state index in [4.69, 9.17) is 15.6 Å². The Labute approximate surface area is 117 Å². The first-order chi connectivity index (χ1) is 9.52. The van der Waals surface area contributed by atoms with Gasteiger partial charge in [0, 0.05) is 25.4 Å². The van der Waals surface area contributed by atoms with Gasteiger partial charge in [-0.05, 0) is 23.8 Å². The van der Waals surface area contributed by atoms with Crippen LogP contribution in [-0.4, -0.2) is 48.7 Å². The van der Waals surface area contributed by atoms with Gasteiger partial charge in [-0.1, -0.05) is 12.1 Å². The lowest BCUT2D eigenvalue weighted by Crippen LogP contribution is -2.36. The minimum Gasteiger partial charge on any atom is -0.480 e. The van der Waals surface area contributed by atoms with Gasteiger partial charge in [0.1, 0.15) is 6.54 Å². The molecule has 0 bridgehead atoms. The molecule has 0 heterocycles. The van der Waals surface area contributed by atoms with Gasteiger partial charge in [-0.2, -0.15) is 0 Å². The predicted octanol–water partition coefficient (Wildman–Crippen LogP) is 0.842. The van der Waals surface area contributed by atoms with E-state index in [2.05, 4.69) is 0 Å². The Morgan fingerprint density at radius 3 is 2.80 bits per heavy atom. The lowest BCUT2D eigenvalue weighted by molar-refractivity contribution is -0.143. The van der Waals surface area contributed by atoms with Gasteiger partial charge in [0.05, 0.1) is 6.61 Å². The average molecular weight is 278 g/mol. The molecule has 0 aromatic heterocycles. The average Bonchev–Trinajstić information content (AvgIpc) is 2.40. The summed E-state index contributed by atoms with van der Waals surface area (Å²) in [5.41, 5.74) is 7.01. The molecule has 0 aliphatic carbocycles. The molecule has 0 spiro atoms. The summed E-state index contributed by atoms with van der Waals surface area (Å²) in [7, 11) is 1.49. The van der Waals surface area contributed by atoms with Crippen molar-refractivity contribution in [3.05, 3.63) is 35.9 Å². The number of carbonyl (C=O) groups is 2. The minimum atomic E-state index is -1.06. The fourth-order valence-electron chi connectivity index (χ4n) is 1.57. The van der Waals surface area contributed by atoms with Gasteiger partial charge in [-0.15, -0.1) is 0 Å². The number of hydrogen-bond acceptors (Lipinski definition) is 4. The third-order valence-corrected chi connectivity index (χ3v) is 2.53. The molecule has 0 saturated carbocycles. The fourth-order valence-corrected chi connectivity index (χ4v) is 1.57. The Balaban J connectivity index is 2.71. The zero-order valence-corrected chi connectivity index (χ0v) is 11.3. The Morgan fingerprint density at radius 1 is 1.45 bits per heavy atom.